The number of rotatable bonds is 8. The van der Waals surface area contributed by atoms with Gasteiger partial charge in [0.05, 0.1) is 6.42 Å². The molecule has 3 atom stereocenters. The molecule has 3 amide bonds. The zero-order valence-electron chi connectivity index (χ0n) is 16.5. The van der Waals surface area contributed by atoms with Gasteiger partial charge in [-0.2, -0.15) is 0 Å². The van der Waals surface area contributed by atoms with Gasteiger partial charge in [0.1, 0.15) is 18.1 Å². The summed E-state index contributed by atoms with van der Waals surface area (Å²) in [6.07, 6.45) is 0.0601. The summed E-state index contributed by atoms with van der Waals surface area (Å²) in [6, 6.07) is 13.4. The Morgan fingerprint density at radius 1 is 0.968 bits per heavy atom. The molecule has 0 bridgehead atoms. The van der Waals surface area contributed by atoms with Gasteiger partial charge >= 0.3 is 5.97 Å². The molecule has 1 heterocycles. The van der Waals surface area contributed by atoms with Crippen LogP contribution in [0.3, 0.4) is 0 Å². The Labute approximate surface area is 187 Å². The summed E-state index contributed by atoms with van der Waals surface area (Å²) in [5, 5.41) is 17.1. The van der Waals surface area contributed by atoms with Crippen LogP contribution in [0.25, 0.3) is 0 Å². The molecule has 1 aliphatic heterocycles. The van der Waals surface area contributed by atoms with Crippen molar-refractivity contribution < 1.29 is 24.3 Å². The highest BCUT2D eigenvalue weighted by Crippen LogP contribution is 2.18. The second-order valence-electron chi connectivity index (χ2n) is 7.27. The van der Waals surface area contributed by atoms with Gasteiger partial charge in [-0.05, 0) is 17.2 Å². The first kappa shape index (κ1) is 22.5. The molecule has 0 aliphatic carbocycles. The highest BCUT2D eigenvalue weighted by Gasteiger charge is 2.35. The van der Waals surface area contributed by atoms with Gasteiger partial charge in [0.25, 0.3) is 0 Å². The smallest absolute Gasteiger partial charge is 0.326 e. The van der Waals surface area contributed by atoms with Gasteiger partial charge in [-0.15, -0.1) is 0 Å². The van der Waals surface area contributed by atoms with Crippen LogP contribution in [-0.4, -0.2) is 46.9 Å². The van der Waals surface area contributed by atoms with E-state index in [1.54, 1.807) is 24.3 Å². The maximum Gasteiger partial charge on any atom is 0.326 e. The van der Waals surface area contributed by atoms with E-state index in [1.165, 1.54) is 0 Å². The molecule has 1 fully saturated rings. The van der Waals surface area contributed by atoms with Gasteiger partial charge in [0.2, 0.25) is 17.7 Å². The molecule has 31 heavy (non-hydrogen) atoms. The number of nitrogens with one attached hydrogen (secondary N) is 3. The van der Waals surface area contributed by atoms with Gasteiger partial charge < -0.3 is 21.1 Å². The van der Waals surface area contributed by atoms with Crippen molar-refractivity contribution in [2.24, 2.45) is 0 Å². The SMILES string of the molecule is O=C(C[C@@H]1NC(=O)[C@H](Cc2ccccc2)NC1=O)N[C@@H](Cc1ccccc1Br)C(=O)O. The van der Waals surface area contributed by atoms with Crippen molar-refractivity contribution in [3.8, 4) is 0 Å². The summed E-state index contributed by atoms with van der Waals surface area (Å²) < 4.78 is 0.735. The van der Waals surface area contributed by atoms with Gasteiger partial charge in [-0.3, -0.25) is 14.4 Å². The first-order valence-electron chi connectivity index (χ1n) is 9.73. The second kappa shape index (κ2) is 10.2. The fraction of sp³-hybridized carbons (Fsp3) is 0.273. The molecule has 4 N–H and O–H groups in total. The van der Waals surface area contributed by atoms with Gasteiger partial charge in [-0.25, -0.2) is 4.79 Å². The third kappa shape index (κ3) is 6.14. The number of carbonyl (C=O) groups excluding carboxylic acids is 3. The molecular formula is C22H22BrN3O5. The van der Waals surface area contributed by atoms with Gasteiger partial charge in [0.15, 0.2) is 0 Å². The van der Waals surface area contributed by atoms with Crippen LogP contribution in [0.4, 0.5) is 0 Å². The number of carboxylic acids is 1. The molecule has 9 heteroatoms. The van der Waals surface area contributed by atoms with Gasteiger partial charge in [-0.1, -0.05) is 64.5 Å². The molecule has 2 aromatic carbocycles. The van der Waals surface area contributed by atoms with E-state index in [2.05, 4.69) is 31.9 Å². The van der Waals surface area contributed by atoms with Crippen LogP contribution < -0.4 is 16.0 Å². The maximum atomic E-state index is 12.4. The Morgan fingerprint density at radius 3 is 2.26 bits per heavy atom. The average Bonchev–Trinajstić information content (AvgIpc) is 2.73. The Hall–Kier alpha value is -3.20. The average molecular weight is 488 g/mol. The first-order valence-corrected chi connectivity index (χ1v) is 10.5. The minimum atomic E-state index is -1.19. The maximum absolute atomic E-state index is 12.4. The molecule has 1 aliphatic rings. The standard InChI is InChI=1S/C22H22BrN3O5/c23-15-9-5-4-8-14(15)11-18(22(30)31)24-19(27)12-17-21(29)25-16(20(28)26-17)10-13-6-2-1-3-7-13/h1-9,16-18H,10-12H2,(H,24,27)(H,25,29)(H,26,28)(H,30,31)/t16-,17-,18-/m0/s1. The fourth-order valence-electron chi connectivity index (χ4n) is 3.34. The predicted molar refractivity (Wildman–Crippen MR) is 116 cm³/mol. The summed E-state index contributed by atoms with van der Waals surface area (Å²) in [6.45, 7) is 0. The van der Waals surface area contributed by atoms with E-state index >= 15 is 0 Å². The van der Waals surface area contributed by atoms with Crippen LogP contribution in [0.15, 0.2) is 59.1 Å². The lowest BCUT2D eigenvalue weighted by Crippen LogP contribution is -2.63. The van der Waals surface area contributed by atoms with Crippen molar-refractivity contribution >= 4 is 39.6 Å². The van der Waals surface area contributed by atoms with E-state index in [0.717, 1.165) is 15.6 Å². The number of aliphatic carboxylic acids is 1. The Bertz CT molecular complexity index is 982. The fourth-order valence-corrected chi connectivity index (χ4v) is 3.78. The van der Waals surface area contributed by atoms with Crippen LogP contribution in [-0.2, 0) is 32.0 Å². The molecule has 0 radical (unpaired) electrons. The summed E-state index contributed by atoms with van der Waals surface area (Å²) >= 11 is 3.36. The summed E-state index contributed by atoms with van der Waals surface area (Å²) in [4.78, 5) is 48.8. The summed E-state index contributed by atoms with van der Waals surface area (Å²) in [5.74, 6) is -2.69. The molecule has 8 nitrogen and oxygen atoms in total. The highest BCUT2D eigenvalue weighted by atomic mass is 79.9. The van der Waals surface area contributed by atoms with Crippen molar-refractivity contribution in [2.75, 3.05) is 0 Å². The number of carboxylic acid groups (broad SMARTS) is 1. The minimum Gasteiger partial charge on any atom is -0.480 e. The number of benzene rings is 2. The number of amides is 3. The van der Waals surface area contributed by atoms with Crippen molar-refractivity contribution in [3.05, 3.63) is 70.2 Å². The third-order valence-electron chi connectivity index (χ3n) is 4.95. The largest absolute Gasteiger partial charge is 0.480 e. The second-order valence-corrected chi connectivity index (χ2v) is 8.12. The zero-order chi connectivity index (χ0) is 22.4. The van der Waals surface area contributed by atoms with Crippen LogP contribution in [0.2, 0.25) is 0 Å². The van der Waals surface area contributed by atoms with Crippen LogP contribution >= 0.6 is 15.9 Å². The molecule has 0 aromatic heterocycles. The van der Waals surface area contributed by atoms with Gasteiger partial charge in [0, 0.05) is 17.3 Å². The lowest BCUT2D eigenvalue weighted by molar-refractivity contribution is -0.142. The van der Waals surface area contributed by atoms with E-state index in [1.807, 2.05) is 30.3 Å². The molecule has 0 saturated carbocycles. The van der Waals surface area contributed by atoms with Crippen molar-refractivity contribution in [3.63, 3.8) is 0 Å². The molecule has 2 aromatic rings. The third-order valence-corrected chi connectivity index (χ3v) is 5.73. The van der Waals surface area contributed by atoms with Crippen molar-refractivity contribution in [1.29, 1.82) is 0 Å². The predicted octanol–water partition coefficient (Wildman–Crippen LogP) is 1.18. The molecule has 162 valence electrons. The molecular weight excluding hydrogens is 466 g/mol. The number of halogens is 1. The lowest BCUT2D eigenvalue weighted by atomic mass is 10.0. The Kier molecular flexibility index (Phi) is 7.41. The quantitative estimate of drug-likeness (QED) is 0.444. The molecule has 0 unspecified atom stereocenters. The molecule has 0 spiro atoms. The van der Waals surface area contributed by atoms with Crippen LogP contribution in [0, 0.1) is 0 Å². The highest BCUT2D eigenvalue weighted by molar-refractivity contribution is 9.10. The summed E-state index contributed by atoms with van der Waals surface area (Å²) in [7, 11) is 0. The number of piperazine rings is 1. The summed E-state index contributed by atoms with van der Waals surface area (Å²) in [5.41, 5.74) is 1.62. The molecule has 3 rings (SSSR count). The van der Waals surface area contributed by atoms with E-state index in [0.29, 0.717) is 6.42 Å². The molecule has 1 saturated heterocycles. The van der Waals surface area contributed by atoms with E-state index in [9.17, 15) is 24.3 Å². The van der Waals surface area contributed by atoms with Crippen LogP contribution in [0.1, 0.15) is 17.5 Å². The lowest BCUT2D eigenvalue weighted by Gasteiger charge is -2.29. The topological polar surface area (TPSA) is 125 Å². The normalized spacial score (nSPS) is 19.1. The van der Waals surface area contributed by atoms with Crippen molar-refractivity contribution in [1.82, 2.24) is 16.0 Å². The number of hydrogen-bond acceptors (Lipinski definition) is 4. The zero-order valence-corrected chi connectivity index (χ0v) is 18.1. The van der Waals surface area contributed by atoms with E-state index in [-0.39, 0.29) is 18.7 Å². The monoisotopic (exact) mass is 487 g/mol. The number of hydrogen-bond donors (Lipinski definition) is 4. The Morgan fingerprint density at radius 2 is 1.58 bits per heavy atom. The van der Waals surface area contributed by atoms with Crippen LogP contribution in [0.5, 0.6) is 0 Å². The Balaban J connectivity index is 1.57. The van der Waals surface area contributed by atoms with E-state index < -0.39 is 35.9 Å². The number of carbonyl (C=O) groups is 4. The van der Waals surface area contributed by atoms with E-state index in [4.69, 9.17) is 0 Å². The first-order chi connectivity index (χ1) is 14.8. The van der Waals surface area contributed by atoms with Crippen molar-refractivity contribution in [2.45, 2.75) is 37.4 Å². The minimum absolute atomic E-state index is 0.0743.